The molecule has 27 heavy (non-hydrogen) atoms. The van der Waals surface area contributed by atoms with Crippen LogP contribution in [-0.2, 0) is 0 Å². The minimum atomic E-state index is 0.0178. The minimum absolute atomic E-state index is 0.0178. The predicted octanol–water partition coefficient (Wildman–Crippen LogP) is 6.03. The Hall–Kier alpha value is -2.87. The smallest absolute Gasteiger partial charge is 0.163 e. The first-order chi connectivity index (χ1) is 13.0. The molecule has 138 valence electrons. The van der Waals surface area contributed by atoms with Crippen molar-refractivity contribution in [2.45, 2.75) is 33.1 Å². The number of aryl methyl sites for hydroxylation is 3. The summed E-state index contributed by atoms with van der Waals surface area (Å²) in [5.74, 6) is 1.00. The lowest BCUT2D eigenvalue weighted by Gasteiger charge is -2.23. The molecule has 3 aromatic carbocycles. The summed E-state index contributed by atoms with van der Waals surface area (Å²) >= 11 is 0. The summed E-state index contributed by atoms with van der Waals surface area (Å²) in [7, 11) is 1.67. The molecule has 0 saturated heterocycles. The highest BCUT2D eigenvalue weighted by Crippen LogP contribution is 2.35. The number of ketones is 1. The molecule has 0 amide bonds. The molecule has 0 N–H and O–H groups in total. The molecule has 3 rings (SSSR count). The van der Waals surface area contributed by atoms with Crippen LogP contribution in [0.1, 0.15) is 50.5 Å². The molecule has 0 heterocycles. The number of ether oxygens (including phenoxy) is 1. The van der Waals surface area contributed by atoms with Gasteiger partial charge in [0, 0.05) is 17.9 Å². The molecule has 0 aromatic heterocycles. The maximum atomic E-state index is 13.0. The Labute approximate surface area is 161 Å². The lowest BCUT2D eigenvalue weighted by Crippen LogP contribution is -2.12. The van der Waals surface area contributed by atoms with Crippen LogP contribution in [0.25, 0.3) is 0 Å². The van der Waals surface area contributed by atoms with E-state index < -0.39 is 0 Å². The van der Waals surface area contributed by atoms with E-state index in [1.54, 1.807) is 7.11 Å². The zero-order valence-electron chi connectivity index (χ0n) is 16.5. The van der Waals surface area contributed by atoms with Gasteiger partial charge < -0.3 is 4.74 Å². The van der Waals surface area contributed by atoms with Crippen LogP contribution in [0, 0.1) is 20.8 Å². The van der Waals surface area contributed by atoms with E-state index in [0.717, 1.165) is 16.9 Å². The normalized spacial score (nSPS) is 11.9. The fourth-order valence-electron chi connectivity index (χ4n) is 3.89. The lowest BCUT2D eigenvalue weighted by atomic mass is 9.81. The van der Waals surface area contributed by atoms with Gasteiger partial charge in [0.15, 0.2) is 5.78 Å². The molecular formula is C25H26O2. The molecule has 0 saturated carbocycles. The number of methoxy groups -OCH3 is 1. The van der Waals surface area contributed by atoms with Crippen LogP contribution in [0.4, 0.5) is 0 Å². The Bertz CT molecular complexity index is 901. The zero-order chi connectivity index (χ0) is 19.4. The Kier molecular flexibility index (Phi) is 5.75. The van der Waals surface area contributed by atoms with Crippen LogP contribution in [-0.4, -0.2) is 12.9 Å². The van der Waals surface area contributed by atoms with Crippen molar-refractivity contribution >= 4 is 5.78 Å². The summed E-state index contributed by atoms with van der Waals surface area (Å²) in [5.41, 5.74) is 6.85. The number of hydrogen-bond acceptors (Lipinski definition) is 2. The summed E-state index contributed by atoms with van der Waals surface area (Å²) in [5, 5.41) is 0. The highest BCUT2D eigenvalue weighted by Gasteiger charge is 2.22. The van der Waals surface area contributed by atoms with Gasteiger partial charge in [-0.3, -0.25) is 4.79 Å². The standard InChI is InChI=1S/C25H26O2/c1-17-14-18(2)25(19(3)15-17)23(20-10-12-22(27-4)13-11-20)16-24(26)21-8-6-5-7-9-21/h5-15,23H,16H2,1-4H3. The van der Waals surface area contributed by atoms with Gasteiger partial charge in [0.25, 0.3) is 0 Å². The van der Waals surface area contributed by atoms with E-state index in [4.69, 9.17) is 4.74 Å². The summed E-state index contributed by atoms with van der Waals surface area (Å²) < 4.78 is 5.30. The Morgan fingerprint density at radius 2 is 1.48 bits per heavy atom. The summed E-state index contributed by atoms with van der Waals surface area (Å²) in [6.07, 6.45) is 0.446. The van der Waals surface area contributed by atoms with Crippen LogP contribution in [0.15, 0.2) is 66.7 Å². The topological polar surface area (TPSA) is 26.3 Å². The van der Waals surface area contributed by atoms with Crippen LogP contribution in [0.2, 0.25) is 0 Å². The van der Waals surface area contributed by atoms with Crippen molar-refractivity contribution in [3.63, 3.8) is 0 Å². The third-order valence-corrected chi connectivity index (χ3v) is 5.09. The molecule has 0 radical (unpaired) electrons. The largest absolute Gasteiger partial charge is 0.497 e. The molecular weight excluding hydrogens is 332 g/mol. The second kappa shape index (κ2) is 8.22. The quantitative estimate of drug-likeness (QED) is 0.503. The van der Waals surface area contributed by atoms with Crippen molar-refractivity contribution in [2.24, 2.45) is 0 Å². The number of benzene rings is 3. The van der Waals surface area contributed by atoms with E-state index >= 15 is 0 Å². The number of rotatable bonds is 6. The average Bonchev–Trinajstić information content (AvgIpc) is 2.67. The van der Waals surface area contributed by atoms with Crippen LogP contribution < -0.4 is 4.74 Å². The molecule has 1 unspecified atom stereocenters. The second-order valence-corrected chi connectivity index (χ2v) is 7.13. The average molecular weight is 358 g/mol. The Morgan fingerprint density at radius 3 is 2.04 bits per heavy atom. The highest BCUT2D eigenvalue weighted by molar-refractivity contribution is 5.96. The van der Waals surface area contributed by atoms with Gasteiger partial charge in [-0.25, -0.2) is 0 Å². The Morgan fingerprint density at radius 1 is 0.889 bits per heavy atom. The first-order valence-corrected chi connectivity index (χ1v) is 9.29. The van der Waals surface area contributed by atoms with Crippen LogP contribution >= 0.6 is 0 Å². The van der Waals surface area contributed by atoms with Crippen molar-refractivity contribution in [1.82, 2.24) is 0 Å². The molecule has 0 aliphatic rings. The van der Waals surface area contributed by atoms with Gasteiger partial charge in [-0.2, -0.15) is 0 Å². The maximum Gasteiger partial charge on any atom is 0.163 e. The van der Waals surface area contributed by atoms with Crippen LogP contribution in [0.5, 0.6) is 5.75 Å². The number of hydrogen-bond donors (Lipinski definition) is 0. The van der Waals surface area contributed by atoms with E-state index in [-0.39, 0.29) is 11.7 Å². The zero-order valence-corrected chi connectivity index (χ0v) is 16.5. The molecule has 2 nitrogen and oxygen atoms in total. The number of carbonyl (C=O) groups is 1. The van der Waals surface area contributed by atoms with Crippen LogP contribution in [0.3, 0.4) is 0 Å². The van der Waals surface area contributed by atoms with Gasteiger partial charge in [-0.15, -0.1) is 0 Å². The van der Waals surface area contributed by atoms with E-state index in [2.05, 4.69) is 45.0 Å². The molecule has 3 aromatic rings. The maximum absolute atomic E-state index is 13.0. The van der Waals surface area contributed by atoms with Crippen molar-refractivity contribution in [1.29, 1.82) is 0 Å². The number of carbonyl (C=O) groups excluding carboxylic acids is 1. The first-order valence-electron chi connectivity index (χ1n) is 9.29. The monoisotopic (exact) mass is 358 g/mol. The lowest BCUT2D eigenvalue weighted by molar-refractivity contribution is 0.0977. The van der Waals surface area contributed by atoms with E-state index in [1.807, 2.05) is 42.5 Å². The van der Waals surface area contributed by atoms with Crippen molar-refractivity contribution < 1.29 is 9.53 Å². The van der Waals surface area contributed by atoms with Crippen molar-refractivity contribution in [2.75, 3.05) is 7.11 Å². The fourth-order valence-corrected chi connectivity index (χ4v) is 3.89. The first kappa shape index (κ1) is 18.9. The van der Waals surface area contributed by atoms with E-state index in [0.29, 0.717) is 6.42 Å². The third kappa shape index (κ3) is 4.28. The van der Waals surface area contributed by atoms with Crippen molar-refractivity contribution in [3.05, 3.63) is 100 Å². The number of Topliss-reactive ketones (excluding diaryl/α,β-unsaturated/α-hetero) is 1. The van der Waals surface area contributed by atoms with E-state index in [1.165, 1.54) is 22.3 Å². The van der Waals surface area contributed by atoms with Gasteiger partial charge in [-0.1, -0.05) is 60.2 Å². The second-order valence-electron chi connectivity index (χ2n) is 7.13. The molecule has 2 heteroatoms. The summed E-state index contributed by atoms with van der Waals surface area (Å²) in [6.45, 7) is 6.39. The van der Waals surface area contributed by atoms with Crippen molar-refractivity contribution in [3.8, 4) is 5.75 Å². The summed E-state index contributed by atoms with van der Waals surface area (Å²) in [4.78, 5) is 13.0. The fraction of sp³-hybridized carbons (Fsp3) is 0.240. The summed E-state index contributed by atoms with van der Waals surface area (Å²) in [6, 6.07) is 22.0. The predicted molar refractivity (Wildman–Crippen MR) is 111 cm³/mol. The van der Waals surface area contributed by atoms with Gasteiger partial charge in [0.2, 0.25) is 0 Å². The Balaban J connectivity index is 2.05. The SMILES string of the molecule is COc1ccc(C(CC(=O)c2ccccc2)c2c(C)cc(C)cc2C)cc1. The van der Waals surface area contributed by atoms with E-state index in [9.17, 15) is 4.79 Å². The molecule has 0 spiro atoms. The highest BCUT2D eigenvalue weighted by atomic mass is 16.5. The molecule has 1 atom stereocenters. The molecule has 0 bridgehead atoms. The molecule has 0 fully saturated rings. The van der Waals surface area contributed by atoms with Gasteiger partial charge >= 0.3 is 0 Å². The van der Waals surface area contributed by atoms with Gasteiger partial charge in [-0.05, 0) is 55.2 Å². The third-order valence-electron chi connectivity index (χ3n) is 5.09. The van der Waals surface area contributed by atoms with Gasteiger partial charge in [0.1, 0.15) is 5.75 Å². The molecule has 0 aliphatic heterocycles. The van der Waals surface area contributed by atoms with Gasteiger partial charge in [0.05, 0.1) is 7.11 Å². The molecule has 0 aliphatic carbocycles. The minimum Gasteiger partial charge on any atom is -0.497 e.